The van der Waals surface area contributed by atoms with Crippen LogP contribution in [0.2, 0.25) is 0 Å². The van der Waals surface area contributed by atoms with E-state index in [9.17, 15) is 4.79 Å². The Morgan fingerprint density at radius 2 is 1.87 bits per heavy atom. The lowest BCUT2D eigenvalue weighted by Gasteiger charge is -2.16. The third-order valence-electron chi connectivity index (χ3n) is 4.21. The van der Waals surface area contributed by atoms with Crippen LogP contribution >= 0.6 is 0 Å². The van der Waals surface area contributed by atoms with Crippen LogP contribution in [0.4, 0.5) is 0 Å². The second-order valence-electron chi connectivity index (χ2n) is 5.85. The lowest BCUT2D eigenvalue weighted by atomic mass is 9.97. The molecule has 3 rings (SSSR count). The average Bonchev–Trinajstić information content (AvgIpc) is 2.54. The predicted molar refractivity (Wildman–Crippen MR) is 90.1 cm³/mol. The summed E-state index contributed by atoms with van der Waals surface area (Å²) in [5, 5.41) is 0.625. The summed E-state index contributed by atoms with van der Waals surface area (Å²) < 4.78 is 1.54. The number of fused-ring (bicyclic) bond motifs is 1. The van der Waals surface area contributed by atoms with E-state index in [-0.39, 0.29) is 11.6 Å². The summed E-state index contributed by atoms with van der Waals surface area (Å²) in [4.78, 5) is 25.7. The minimum absolute atomic E-state index is 0.0862. The van der Waals surface area contributed by atoms with Crippen LogP contribution in [0.25, 0.3) is 22.3 Å². The van der Waals surface area contributed by atoms with Crippen molar-refractivity contribution in [1.29, 1.82) is 0 Å². The van der Waals surface area contributed by atoms with Crippen LogP contribution in [0.5, 0.6) is 0 Å². The van der Waals surface area contributed by atoms with Crippen molar-refractivity contribution in [3.63, 3.8) is 0 Å². The summed E-state index contributed by atoms with van der Waals surface area (Å²) in [6, 6.07) is 1.80. The molecule has 2 heterocycles. The highest BCUT2D eigenvalue weighted by atomic mass is 16.1. The van der Waals surface area contributed by atoms with Gasteiger partial charge in [0.15, 0.2) is 0 Å². The fraction of sp³-hybridized carbons (Fsp3) is 0.294. The molecule has 0 saturated carbocycles. The molecule has 0 amide bonds. The van der Waals surface area contributed by atoms with Crippen LogP contribution in [0.15, 0.2) is 29.6 Å². The highest BCUT2D eigenvalue weighted by Crippen LogP contribution is 2.27. The number of hydrogen-bond donors (Lipinski definition) is 1. The number of rotatable bonds is 2. The van der Waals surface area contributed by atoms with Crippen LogP contribution in [0.3, 0.4) is 0 Å². The molecule has 0 aliphatic rings. The molecule has 2 aromatic heterocycles. The van der Waals surface area contributed by atoms with Crippen LogP contribution in [-0.2, 0) is 7.05 Å². The second-order valence-corrected chi connectivity index (χ2v) is 5.85. The second kappa shape index (κ2) is 5.55. The topological polar surface area (TPSA) is 86.7 Å². The van der Waals surface area contributed by atoms with Gasteiger partial charge in [-0.2, -0.15) is 0 Å². The number of nitrogens with zero attached hydrogens (tertiary/aromatic N) is 4. The van der Waals surface area contributed by atoms with E-state index < -0.39 is 0 Å². The lowest BCUT2D eigenvalue weighted by molar-refractivity contribution is 0.812. The van der Waals surface area contributed by atoms with E-state index in [1.54, 1.807) is 24.0 Å². The van der Waals surface area contributed by atoms with Gasteiger partial charge in [0, 0.05) is 25.5 Å². The molecule has 0 aliphatic carbocycles. The van der Waals surface area contributed by atoms with Gasteiger partial charge in [0.25, 0.3) is 5.56 Å². The molecular weight excluding hydrogens is 290 g/mol. The Morgan fingerprint density at radius 1 is 1.22 bits per heavy atom. The maximum Gasteiger partial charge on any atom is 0.261 e. The molecule has 0 spiro atoms. The zero-order valence-electron chi connectivity index (χ0n) is 13.7. The van der Waals surface area contributed by atoms with Gasteiger partial charge >= 0.3 is 0 Å². The monoisotopic (exact) mass is 309 g/mol. The van der Waals surface area contributed by atoms with Crippen molar-refractivity contribution in [3.8, 4) is 11.4 Å². The Bertz CT molecular complexity index is 945. The number of hydrogen-bond acceptors (Lipinski definition) is 5. The molecule has 23 heavy (non-hydrogen) atoms. The molecule has 1 atom stereocenters. The summed E-state index contributed by atoms with van der Waals surface area (Å²) in [5.74, 6) is 0.535. The fourth-order valence-corrected chi connectivity index (χ4v) is 2.78. The Hall–Kier alpha value is -2.60. The van der Waals surface area contributed by atoms with Gasteiger partial charge in [0.05, 0.1) is 16.5 Å². The van der Waals surface area contributed by atoms with E-state index in [0.717, 1.165) is 16.7 Å². The van der Waals surface area contributed by atoms with Crippen molar-refractivity contribution in [2.75, 3.05) is 0 Å². The number of benzene rings is 1. The van der Waals surface area contributed by atoms with Gasteiger partial charge in [-0.05, 0) is 37.5 Å². The molecule has 0 saturated heterocycles. The molecule has 118 valence electrons. The first-order chi connectivity index (χ1) is 10.9. The molecular formula is C17H19N5O. The quantitative estimate of drug-likeness (QED) is 0.782. The van der Waals surface area contributed by atoms with Crippen molar-refractivity contribution in [2.45, 2.75) is 26.8 Å². The van der Waals surface area contributed by atoms with Crippen LogP contribution < -0.4 is 11.3 Å². The first-order valence-electron chi connectivity index (χ1n) is 7.43. The zero-order valence-corrected chi connectivity index (χ0v) is 13.7. The predicted octanol–water partition coefficient (Wildman–Crippen LogP) is 2.03. The minimum atomic E-state index is -0.212. The summed E-state index contributed by atoms with van der Waals surface area (Å²) in [7, 11) is 1.71. The summed E-state index contributed by atoms with van der Waals surface area (Å²) in [5.41, 5.74) is 10.2. The highest BCUT2D eigenvalue weighted by molar-refractivity contribution is 5.87. The van der Waals surface area contributed by atoms with Crippen LogP contribution in [0.1, 0.15) is 29.7 Å². The Morgan fingerprint density at radius 3 is 2.48 bits per heavy atom. The minimum Gasteiger partial charge on any atom is -0.324 e. The Balaban J connectivity index is 2.49. The summed E-state index contributed by atoms with van der Waals surface area (Å²) in [6.07, 6.45) is 4.74. The van der Waals surface area contributed by atoms with Crippen molar-refractivity contribution in [2.24, 2.45) is 12.8 Å². The molecule has 1 aromatic carbocycles. The standard InChI is InChI=1S/C17H19N5O/c1-9-5-13(11(3)18)15-14(10(9)2)17(23)22(4)16(21-15)12-6-19-8-20-7-12/h5-8,11H,18H2,1-4H3/t11-/m1/s1. The SMILES string of the molecule is Cc1cc([C@@H](C)N)c2nc(-c3cncnc3)n(C)c(=O)c2c1C. The van der Waals surface area contributed by atoms with Gasteiger partial charge in [-0.3, -0.25) is 9.36 Å². The molecule has 6 nitrogen and oxygen atoms in total. The Labute approximate surface area is 134 Å². The van der Waals surface area contributed by atoms with Gasteiger partial charge in [-0.25, -0.2) is 15.0 Å². The third kappa shape index (κ3) is 2.41. The molecule has 0 fully saturated rings. The van der Waals surface area contributed by atoms with E-state index in [0.29, 0.717) is 22.3 Å². The highest BCUT2D eigenvalue weighted by Gasteiger charge is 2.18. The maximum atomic E-state index is 12.9. The van der Waals surface area contributed by atoms with Gasteiger partial charge < -0.3 is 5.73 Å². The first-order valence-corrected chi connectivity index (χ1v) is 7.43. The molecule has 0 aliphatic heterocycles. The van der Waals surface area contributed by atoms with Crippen LogP contribution in [0, 0.1) is 13.8 Å². The molecule has 0 radical (unpaired) electrons. The van der Waals surface area contributed by atoms with E-state index in [1.165, 1.54) is 6.33 Å². The number of nitrogens with two attached hydrogens (primary N) is 1. The fourth-order valence-electron chi connectivity index (χ4n) is 2.78. The smallest absolute Gasteiger partial charge is 0.261 e. The number of aryl methyl sites for hydroxylation is 2. The molecule has 2 N–H and O–H groups in total. The van der Waals surface area contributed by atoms with Crippen molar-refractivity contribution < 1.29 is 0 Å². The van der Waals surface area contributed by atoms with Crippen molar-refractivity contribution in [3.05, 3.63) is 51.8 Å². The maximum absolute atomic E-state index is 12.9. The summed E-state index contributed by atoms with van der Waals surface area (Å²) in [6.45, 7) is 5.82. The average molecular weight is 309 g/mol. The van der Waals surface area contributed by atoms with Gasteiger partial charge in [-0.1, -0.05) is 6.07 Å². The van der Waals surface area contributed by atoms with E-state index in [2.05, 4.69) is 9.97 Å². The van der Waals surface area contributed by atoms with E-state index >= 15 is 0 Å². The Kier molecular flexibility index (Phi) is 3.69. The van der Waals surface area contributed by atoms with Crippen molar-refractivity contribution in [1.82, 2.24) is 19.5 Å². The van der Waals surface area contributed by atoms with Gasteiger partial charge in [0.2, 0.25) is 0 Å². The molecule has 0 bridgehead atoms. The molecule has 6 heteroatoms. The largest absolute Gasteiger partial charge is 0.324 e. The van der Waals surface area contributed by atoms with Crippen LogP contribution in [-0.4, -0.2) is 19.5 Å². The number of aromatic nitrogens is 4. The summed E-state index contributed by atoms with van der Waals surface area (Å²) >= 11 is 0. The zero-order chi connectivity index (χ0) is 16.7. The van der Waals surface area contributed by atoms with Crippen molar-refractivity contribution >= 4 is 10.9 Å². The normalized spacial score (nSPS) is 12.6. The molecule has 0 unspecified atom stereocenters. The van der Waals surface area contributed by atoms with E-state index in [1.807, 2.05) is 26.8 Å². The van der Waals surface area contributed by atoms with Gasteiger partial charge in [0.1, 0.15) is 12.2 Å². The third-order valence-corrected chi connectivity index (χ3v) is 4.21. The molecule has 3 aromatic rings. The lowest BCUT2D eigenvalue weighted by Crippen LogP contribution is -2.23. The first kappa shape index (κ1) is 15.3. The van der Waals surface area contributed by atoms with Gasteiger partial charge in [-0.15, -0.1) is 0 Å². The van der Waals surface area contributed by atoms with E-state index in [4.69, 9.17) is 10.7 Å².